The summed E-state index contributed by atoms with van der Waals surface area (Å²) in [5.41, 5.74) is 2.88. The lowest BCUT2D eigenvalue weighted by Crippen LogP contribution is -2.29. The first-order chi connectivity index (χ1) is 8.93. The summed E-state index contributed by atoms with van der Waals surface area (Å²) in [6.07, 6.45) is 12.4. The van der Waals surface area contributed by atoms with Gasteiger partial charge in [-0.05, 0) is 37.3 Å². The van der Waals surface area contributed by atoms with Gasteiger partial charge in [-0.3, -0.25) is 0 Å². The molecule has 1 aromatic carbocycles. The van der Waals surface area contributed by atoms with Crippen LogP contribution in [0.15, 0.2) is 54.3 Å². The predicted molar refractivity (Wildman–Crippen MR) is 76.4 cm³/mol. The summed E-state index contributed by atoms with van der Waals surface area (Å²) < 4.78 is 0. The molecule has 1 atom stereocenters. The van der Waals surface area contributed by atoms with Gasteiger partial charge in [0.15, 0.2) is 0 Å². The van der Waals surface area contributed by atoms with Gasteiger partial charge in [-0.25, -0.2) is 0 Å². The van der Waals surface area contributed by atoms with Crippen molar-refractivity contribution in [3.05, 3.63) is 59.8 Å². The van der Waals surface area contributed by atoms with Gasteiger partial charge in [-0.15, -0.1) is 0 Å². The topological polar surface area (TPSA) is 3.24 Å². The molecule has 1 unspecified atom stereocenters. The highest BCUT2D eigenvalue weighted by Gasteiger charge is 2.16. The van der Waals surface area contributed by atoms with E-state index in [1.54, 1.807) is 0 Å². The Balaban J connectivity index is 1.67. The SMILES string of the molecule is C1=CC(c2ccccc2)CC=C1N1CCCCC1. The van der Waals surface area contributed by atoms with Crippen LogP contribution in [0.1, 0.15) is 37.2 Å². The van der Waals surface area contributed by atoms with E-state index in [9.17, 15) is 0 Å². The first-order valence-electron chi connectivity index (χ1n) is 7.12. The molecule has 0 radical (unpaired) electrons. The molecule has 94 valence electrons. The number of benzene rings is 1. The Hall–Kier alpha value is -1.50. The predicted octanol–water partition coefficient (Wildman–Crippen LogP) is 4.10. The first-order valence-corrected chi connectivity index (χ1v) is 7.12. The van der Waals surface area contributed by atoms with Crippen molar-refractivity contribution >= 4 is 0 Å². The zero-order valence-corrected chi connectivity index (χ0v) is 10.9. The third-order valence-corrected chi connectivity index (χ3v) is 4.03. The number of rotatable bonds is 2. The van der Waals surface area contributed by atoms with Crippen molar-refractivity contribution in [2.45, 2.75) is 31.6 Å². The van der Waals surface area contributed by atoms with Gasteiger partial charge in [-0.1, -0.05) is 42.5 Å². The molecule has 0 bridgehead atoms. The smallest absolute Gasteiger partial charge is 0.0322 e. The van der Waals surface area contributed by atoms with Gasteiger partial charge < -0.3 is 4.90 Å². The standard InChI is InChI=1S/C17H21N/c1-3-7-15(8-4-1)16-9-11-17(12-10-16)18-13-5-2-6-14-18/h1,3-4,7-9,11-12,16H,2,5-6,10,13-14H2. The fourth-order valence-corrected chi connectivity index (χ4v) is 2.94. The van der Waals surface area contributed by atoms with Crippen LogP contribution in [0, 0.1) is 0 Å². The molecule has 0 spiro atoms. The fourth-order valence-electron chi connectivity index (χ4n) is 2.94. The van der Waals surface area contributed by atoms with E-state index in [0.717, 1.165) is 6.42 Å². The second kappa shape index (κ2) is 5.43. The molecule has 2 aliphatic rings. The number of hydrogen-bond acceptors (Lipinski definition) is 1. The van der Waals surface area contributed by atoms with E-state index in [1.807, 2.05) is 0 Å². The van der Waals surface area contributed by atoms with Gasteiger partial charge >= 0.3 is 0 Å². The van der Waals surface area contributed by atoms with Crippen LogP contribution in [-0.4, -0.2) is 18.0 Å². The van der Waals surface area contributed by atoms with Gasteiger partial charge in [0, 0.05) is 24.7 Å². The number of allylic oxidation sites excluding steroid dienone is 3. The summed E-state index contributed by atoms with van der Waals surface area (Å²) >= 11 is 0. The number of likely N-dealkylation sites (tertiary alicyclic amines) is 1. The lowest BCUT2D eigenvalue weighted by Gasteiger charge is -2.31. The molecule has 18 heavy (non-hydrogen) atoms. The zero-order valence-electron chi connectivity index (χ0n) is 10.9. The number of piperidine rings is 1. The summed E-state index contributed by atoms with van der Waals surface area (Å²) in [6.45, 7) is 2.48. The summed E-state index contributed by atoms with van der Waals surface area (Å²) in [7, 11) is 0. The highest BCUT2D eigenvalue weighted by Crippen LogP contribution is 2.28. The van der Waals surface area contributed by atoms with Crippen LogP contribution in [0.25, 0.3) is 0 Å². The Kier molecular flexibility index (Phi) is 3.49. The van der Waals surface area contributed by atoms with E-state index in [1.165, 1.54) is 43.6 Å². The highest BCUT2D eigenvalue weighted by atomic mass is 15.1. The maximum absolute atomic E-state index is 2.54. The van der Waals surface area contributed by atoms with Crippen molar-refractivity contribution in [2.75, 3.05) is 13.1 Å². The average Bonchev–Trinajstić information content (AvgIpc) is 2.49. The van der Waals surface area contributed by atoms with Crippen LogP contribution in [0.2, 0.25) is 0 Å². The van der Waals surface area contributed by atoms with Crippen LogP contribution in [-0.2, 0) is 0 Å². The van der Waals surface area contributed by atoms with E-state index in [0.29, 0.717) is 5.92 Å². The molecular weight excluding hydrogens is 218 g/mol. The Bertz CT molecular complexity index is 438. The minimum atomic E-state index is 0.569. The molecular formula is C17H21N. The average molecular weight is 239 g/mol. The van der Waals surface area contributed by atoms with Crippen LogP contribution >= 0.6 is 0 Å². The fraction of sp³-hybridized carbons (Fsp3) is 0.412. The zero-order chi connectivity index (χ0) is 12.2. The largest absolute Gasteiger partial charge is 0.372 e. The molecule has 0 saturated carbocycles. The van der Waals surface area contributed by atoms with Gasteiger partial charge in [-0.2, -0.15) is 0 Å². The van der Waals surface area contributed by atoms with Gasteiger partial charge in [0.05, 0.1) is 0 Å². The minimum Gasteiger partial charge on any atom is -0.372 e. The molecule has 0 N–H and O–H groups in total. The highest BCUT2D eigenvalue weighted by molar-refractivity contribution is 5.32. The third kappa shape index (κ3) is 2.50. The quantitative estimate of drug-likeness (QED) is 0.751. The summed E-state index contributed by atoms with van der Waals surface area (Å²) in [5.74, 6) is 0.569. The lowest BCUT2D eigenvalue weighted by atomic mass is 9.91. The first kappa shape index (κ1) is 11.6. The van der Waals surface area contributed by atoms with Gasteiger partial charge in [0.2, 0.25) is 0 Å². The molecule has 1 aromatic rings. The molecule has 3 rings (SSSR count). The minimum absolute atomic E-state index is 0.569. The third-order valence-electron chi connectivity index (χ3n) is 4.03. The monoisotopic (exact) mass is 239 g/mol. The maximum atomic E-state index is 2.54. The van der Waals surface area contributed by atoms with E-state index >= 15 is 0 Å². The molecule has 0 aromatic heterocycles. The summed E-state index contributed by atoms with van der Waals surface area (Å²) in [6, 6.07) is 10.8. The van der Waals surface area contributed by atoms with Crippen LogP contribution in [0.3, 0.4) is 0 Å². The molecule has 1 nitrogen and oxygen atoms in total. The molecule has 0 amide bonds. The van der Waals surface area contributed by atoms with Gasteiger partial charge in [0.25, 0.3) is 0 Å². The molecule has 1 heterocycles. The van der Waals surface area contributed by atoms with Crippen molar-refractivity contribution in [1.82, 2.24) is 4.90 Å². The van der Waals surface area contributed by atoms with Crippen molar-refractivity contribution in [1.29, 1.82) is 0 Å². The van der Waals surface area contributed by atoms with Crippen molar-refractivity contribution in [3.8, 4) is 0 Å². The van der Waals surface area contributed by atoms with Crippen molar-refractivity contribution in [2.24, 2.45) is 0 Å². The molecule has 1 aliphatic heterocycles. The lowest BCUT2D eigenvalue weighted by molar-refractivity contribution is 0.291. The van der Waals surface area contributed by atoms with Gasteiger partial charge in [0.1, 0.15) is 0 Å². The van der Waals surface area contributed by atoms with Crippen LogP contribution in [0.4, 0.5) is 0 Å². The van der Waals surface area contributed by atoms with Crippen LogP contribution < -0.4 is 0 Å². The normalized spacial score (nSPS) is 23.9. The Morgan fingerprint density at radius 1 is 0.944 bits per heavy atom. The van der Waals surface area contributed by atoms with Crippen LogP contribution in [0.5, 0.6) is 0 Å². The molecule has 1 saturated heterocycles. The summed E-state index contributed by atoms with van der Waals surface area (Å²) in [4.78, 5) is 2.54. The van der Waals surface area contributed by atoms with E-state index in [4.69, 9.17) is 0 Å². The molecule has 1 heteroatoms. The number of hydrogen-bond donors (Lipinski definition) is 0. The second-order valence-electron chi connectivity index (χ2n) is 5.29. The maximum Gasteiger partial charge on any atom is 0.0322 e. The second-order valence-corrected chi connectivity index (χ2v) is 5.29. The number of nitrogens with zero attached hydrogens (tertiary/aromatic N) is 1. The van der Waals surface area contributed by atoms with E-state index in [2.05, 4.69) is 53.5 Å². The molecule has 1 aliphatic carbocycles. The molecule has 1 fully saturated rings. The summed E-state index contributed by atoms with van der Waals surface area (Å²) in [5, 5.41) is 0. The Labute approximate surface area is 110 Å². The van der Waals surface area contributed by atoms with Crippen molar-refractivity contribution in [3.63, 3.8) is 0 Å². The van der Waals surface area contributed by atoms with E-state index < -0.39 is 0 Å². The van der Waals surface area contributed by atoms with E-state index in [-0.39, 0.29) is 0 Å². The Morgan fingerprint density at radius 2 is 1.72 bits per heavy atom. The Morgan fingerprint density at radius 3 is 2.39 bits per heavy atom. The van der Waals surface area contributed by atoms with Crippen molar-refractivity contribution < 1.29 is 0 Å².